The Morgan fingerprint density at radius 2 is 2.40 bits per heavy atom. The molecule has 82 valence electrons. The highest BCUT2D eigenvalue weighted by atomic mass is 15.2. The molecule has 0 spiro atoms. The van der Waals surface area contributed by atoms with E-state index >= 15 is 0 Å². The lowest BCUT2D eigenvalue weighted by molar-refractivity contribution is 0.388. The number of piperidine rings is 1. The number of rotatable bonds is 4. The molecule has 0 radical (unpaired) electrons. The first-order valence-corrected chi connectivity index (χ1v) is 5.56. The molecule has 0 amide bonds. The van der Waals surface area contributed by atoms with Gasteiger partial charge in [0.25, 0.3) is 0 Å². The quantitative estimate of drug-likeness (QED) is 0.765. The van der Waals surface area contributed by atoms with Gasteiger partial charge >= 0.3 is 0 Å². The van der Waals surface area contributed by atoms with E-state index in [-0.39, 0.29) is 0 Å². The summed E-state index contributed by atoms with van der Waals surface area (Å²) in [6.45, 7) is 2.07. The van der Waals surface area contributed by atoms with Crippen LogP contribution in [0.2, 0.25) is 0 Å². The molecule has 0 bridgehead atoms. The van der Waals surface area contributed by atoms with Crippen molar-refractivity contribution < 1.29 is 0 Å². The fourth-order valence-electron chi connectivity index (χ4n) is 1.86. The van der Waals surface area contributed by atoms with Crippen LogP contribution in [0.4, 0.5) is 5.95 Å². The Bertz CT molecular complexity index is 270. The minimum Gasteiger partial charge on any atom is -0.353 e. The standard InChI is InChI=1S/C10H17N5/c1-2-5-11-9(3-1)4-6-12-10-13-7-8-14-15-10/h7-9,11H,1-6H2,(H,12,13,15). The van der Waals surface area contributed by atoms with Crippen molar-refractivity contribution in [3.63, 3.8) is 0 Å². The maximum atomic E-state index is 4.06. The van der Waals surface area contributed by atoms with Crippen molar-refractivity contribution in [2.45, 2.75) is 31.7 Å². The van der Waals surface area contributed by atoms with Gasteiger partial charge in [0.15, 0.2) is 0 Å². The van der Waals surface area contributed by atoms with Crippen molar-refractivity contribution in [2.24, 2.45) is 0 Å². The molecular weight excluding hydrogens is 190 g/mol. The molecule has 2 rings (SSSR count). The molecule has 1 aliphatic heterocycles. The number of hydrogen-bond acceptors (Lipinski definition) is 5. The van der Waals surface area contributed by atoms with E-state index in [4.69, 9.17) is 0 Å². The summed E-state index contributed by atoms with van der Waals surface area (Å²) in [5.74, 6) is 0.619. The van der Waals surface area contributed by atoms with Gasteiger partial charge in [-0.2, -0.15) is 5.10 Å². The second-order valence-electron chi connectivity index (χ2n) is 3.83. The molecule has 1 aromatic heterocycles. The predicted octanol–water partition coefficient (Wildman–Crippen LogP) is 0.816. The summed E-state index contributed by atoms with van der Waals surface area (Å²) in [6, 6.07) is 0.655. The van der Waals surface area contributed by atoms with Gasteiger partial charge in [-0.3, -0.25) is 0 Å². The molecule has 2 heterocycles. The van der Waals surface area contributed by atoms with E-state index in [1.165, 1.54) is 19.3 Å². The predicted molar refractivity (Wildman–Crippen MR) is 58.6 cm³/mol. The lowest BCUT2D eigenvalue weighted by atomic mass is 10.0. The van der Waals surface area contributed by atoms with Crippen molar-refractivity contribution in [1.82, 2.24) is 20.5 Å². The fraction of sp³-hybridized carbons (Fsp3) is 0.700. The molecule has 0 aliphatic carbocycles. The third-order valence-electron chi connectivity index (χ3n) is 2.67. The van der Waals surface area contributed by atoms with Crippen LogP contribution in [0.1, 0.15) is 25.7 Å². The molecule has 1 aliphatic rings. The first-order chi connectivity index (χ1) is 7.45. The average Bonchev–Trinajstić information content (AvgIpc) is 2.32. The molecular formula is C10H17N5. The molecule has 1 saturated heterocycles. The van der Waals surface area contributed by atoms with Gasteiger partial charge in [-0.05, 0) is 25.8 Å². The van der Waals surface area contributed by atoms with Gasteiger partial charge in [-0.25, -0.2) is 4.98 Å². The average molecular weight is 207 g/mol. The van der Waals surface area contributed by atoms with Crippen molar-refractivity contribution in [1.29, 1.82) is 0 Å². The zero-order chi connectivity index (χ0) is 10.3. The van der Waals surface area contributed by atoms with E-state index in [0.29, 0.717) is 12.0 Å². The number of aromatic nitrogens is 3. The summed E-state index contributed by atoms with van der Waals surface area (Å²) in [4.78, 5) is 4.06. The Hall–Kier alpha value is -1.23. The lowest BCUT2D eigenvalue weighted by Crippen LogP contribution is -2.35. The Morgan fingerprint density at radius 1 is 1.40 bits per heavy atom. The molecule has 0 aromatic carbocycles. The highest BCUT2D eigenvalue weighted by molar-refractivity contribution is 5.19. The molecule has 5 heteroatoms. The molecule has 1 atom stereocenters. The SMILES string of the molecule is c1cnc(NCCC2CCCCN2)nn1. The van der Waals surface area contributed by atoms with Crippen LogP contribution in [0.5, 0.6) is 0 Å². The second kappa shape index (κ2) is 5.60. The van der Waals surface area contributed by atoms with Gasteiger partial charge in [-0.1, -0.05) is 6.42 Å². The third kappa shape index (κ3) is 3.43. The zero-order valence-corrected chi connectivity index (χ0v) is 8.82. The van der Waals surface area contributed by atoms with Gasteiger partial charge in [0.2, 0.25) is 5.95 Å². The summed E-state index contributed by atoms with van der Waals surface area (Å²) in [7, 11) is 0. The van der Waals surface area contributed by atoms with Gasteiger partial charge < -0.3 is 10.6 Å². The Kier molecular flexibility index (Phi) is 3.84. The van der Waals surface area contributed by atoms with Crippen LogP contribution in [0.25, 0.3) is 0 Å². The maximum absolute atomic E-state index is 4.06. The summed E-state index contributed by atoms with van der Waals surface area (Å²) in [5.41, 5.74) is 0. The highest BCUT2D eigenvalue weighted by Crippen LogP contribution is 2.09. The summed E-state index contributed by atoms with van der Waals surface area (Å²) in [6.07, 6.45) is 8.30. The molecule has 2 N–H and O–H groups in total. The van der Waals surface area contributed by atoms with Crippen LogP contribution in [-0.2, 0) is 0 Å². The summed E-state index contributed by atoms with van der Waals surface area (Å²) < 4.78 is 0. The molecule has 5 nitrogen and oxygen atoms in total. The largest absolute Gasteiger partial charge is 0.353 e. The van der Waals surface area contributed by atoms with Crippen molar-refractivity contribution in [3.05, 3.63) is 12.4 Å². The first kappa shape index (κ1) is 10.3. The van der Waals surface area contributed by atoms with Gasteiger partial charge in [0, 0.05) is 12.6 Å². The Morgan fingerprint density at radius 3 is 3.13 bits per heavy atom. The van der Waals surface area contributed by atoms with Crippen molar-refractivity contribution >= 4 is 5.95 Å². The molecule has 1 unspecified atom stereocenters. The number of nitrogens with one attached hydrogen (secondary N) is 2. The first-order valence-electron chi connectivity index (χ1n) is 5.56. The number of hydrogen-bond donors (Lipinski definition) is 2. The van der Waals surface area contributed by atoms with E-state index in [2.05, 4.69) is 25.8 Å². The molecule has 1 aromatic rings. The fourth-order valence-corrected chi connectivity index (χ4v) is 1.86. The summed E-state index contributed by atoms with van der Waals surface area (Å²) >= 11 is 0. The van der Waals surface area contributed by atoms with Crippen LogP contribution in [0.3, 0.4) is 0 Å². The second-order valence-corrected chi connectivity index (χ2v) is 3.83. The number of anilines is 1. The highest BCUT2D eigenvalue weighted by Gasteiger charge is 2.11. The Labute approximate surface area is 89.7 Å². The van der Waals surface area contributed by atoms with Crippen LogP contribution in [-0.4, -0.2) is 34.3 Å². The minimum absolute atomic E-state index is 0.619. The number of nitrogens with zero attached hydrogens (tertiary/aromatic N) is 3. The smallest absolute Gasteiger partial charge is 0.242 e. The summed E-state index contributed by atoms with van der Waals surface area (Å²) in [5, 5.41) is 14.3. The minimum atomic E-state index is 0.619. The topological polar surface area (TPSA) is 62.7 Å². The van der Waals surface area contributed by atoms with E-state index in [1.807, 2.05) is 0 Å². The maximum Gasteiger partial charge on any atom is 0.242 e. The van der Waals surface area contributed by atoms with E-state index in [0.717, 1.165) is 19.5 Å². The van der Waals surface area contributed by atoms with E-state index in [9.17, 15) is 0 Å². The molecule has 15 heavy (non-hydrogen) atoms. The lowest BCUT2D eigenvalue weighted by Gasteiger charge is -2.23. The van der Waals surface area contributed by atoms with E-state index < -0.39 is 0 Å². The van der Waals surface area contributed by atoms with Crippen LogP contribution in [0, 0.1) is 0 Å². The third-order valence-corrected chi connectivity index (χ3v) is 2.67. The van der Waals surface area contributed by atoms with Gasteiger partial charge in [-0.15, -0.1) is 5.10 Å². The van der Waals surface area contributed by atoms with Crippen LogP contribution < -0.4 is 10.6 Å². The van der Waals surface area contributed by atoms with Gasteiger partial charge in [0.05, 0.1) is 12.4 Å². The van der Waals surface area contributed by atoms with Gasteiger partial charge in [0.1, 0.15) is 0 Å². The van der Waals surface area contributed by atoms with Crippen LogP contribution >= 0.6 is 0 Å². The monoisotopic (exact) mass is 207 g/mol. The van der Waals surface area contributed by atoms with Crippen molar-refractivity contribution in [2.75, 3.05) is 18.4 Å². The normalized spacial score (nSPS) is 21.2. The Balaban J connectivity index is 1.66. The molecule has 0 saturated carbocycles. The zero-order valence-electron chi connectivity index (χ0n) is 8.82. The van der Waals surface area contributed by atoms with Crippen molar-refractivity contribution in [3.8, 4) is 0 Å². The van der Waals surface area contributed by atoms with Crippen LogP contribution in [0.15, 0.2) is 12.4 Å². The molecule has 1 fully saturated rings. The van der Waals surface area contributed by atoms with E-state index in [1.54, 1.807) is 12.4 Å².